The second-order valence-electron chi connectivity index (χ2n) is 14.1. The van der Waals surface area contributed by atoms with Gasteiger partial charge in [0.1, 0.15) is 5.72 Å². The number of hydrogen-bond acceptors (Lipinski definition) is 4. The molecule has 2 N–H and O–H groups in total. The Morgan fingerprint density at radius 3 is 1.74 bits per heavy atom. The van der Waals surface area contributed by atoms with Gasteiger partial charge >= 0.3 is 0 Å². The highest BCUT2D eigenvalue weighted by Crippen LogP contribution is 2.51. The molecule has 1 aliphatic carbocycles. The second-order valence-corrected chi connectivity index (χ2v) is 14.1. The molecule has 5 nitrogen and oxygen atoms in total. The van der Waals surface area contributed by atoms with E-state index in [0.717, 1.165) is 25.7 Å². The summed E-state index contributed by atoms with van der Waals surface area (Å²) in [6.45, 7) is 16.0. The Bertz CT molecular complexity index is 666. The van der Waals surface area contributed by atoms with Crippen molar-refractivity contribution in [3.05, 3.63) is 0 Å². The minimum absolute atomic E-state index is 0.0243. The maximum absolute atomic E-state index is 14.5. The average Bonchev–Trinajstić information content (AvgIpc) is 2.86. The van der Waals surface area contributed by atoms with Gasteiger partial charge in [-0.1, -0.05) is 65.7 Å². The molecule has 0 aromatic heterocycles. The van der Waals surface area contributed by atoms with Gasteiger partial charge in [-0.05, 0) is 58.8 Å². The highest BCUT2D eigenvalue weighted by atomic mass is 16.6. The normalized spacial score (nSPS) is 28.5. The third-order valence-electron chi connectivity index (χ3n) is 8.63. The molecule has 2 aliphatic heterocycles. The van der Waals surface area contributed by atoms with Crippen molar-refractivity contribution in [3.8, 4) is 0 Å². The molecule has 3 fully saturated rings. The summed E-state index contributed by atoms with van der Waals surface area (Å²) in [4.78, 5) is 16.6. The van der Waals surface area contributed by atoms with Crippen LogP contribution in [0.3, 0.4) is 0 Å². The highest BCUT2D eigenvalue weighted by molar-refractivity contribution is 5.88. The van der Waals surface area contributed by atoms with Gasteiger partial charge in [-0.2, -0.15) is 0 Å². The number of nitrogens with zero attached hydrogens (tertiary/aromatic N) is 1. The first-order chi connectivity index (χ1) is 15.7. The molecule has 0 aromatic rings. The van der Waals surface area contributed by atoms with E-state index in [4.69, 9.17) is 4.74 Å². The predicted molar refractivity (Wildman–Crippen MR) is 140 cm³/mol. The number of aliphatic hydroxyl groups is 1. The zero-order valence-corrected chi connectivity index (χ0v) is 23.4. The van der Waals surface area contributed by atoms with Gasteiger partial charge in [0.15, 0.2) is 5.60 Å². The van der Waals surface area contributed by atoms with E-state index in [2.05, 4.69) is 58.7 Å². The lowest BCUT2D eigenvalue weighted by Crippen LogP contribution is -2.65. The quantitative estimate of drug-likeness (QED) is 0.508. The van der Waals surface area contributed by atoms with Crippen LogP contribution in [-0.4, -0.2) is 51.5 Å². The van der Waals surface area contributed by atoms with Gasteiger partial charge in [-0.15, -0.1) is 0 Å². The van der Waals surface area contributed by atoms with Crippen molar-refractivity contribution in [2.24, 2.45) is 11.3 Å². The summed E-state index contributed by atoms with van der Waals surface area (Å²) in [5, 5.41) is 14.1. The molecule has 2 saturated heterocycles. The zero-order chi connectivity index (χ0) is 25.3. The maximum Gasteiger partial charge on any atom is 0.257 e. The summed E-state index contributed by atoms with van der Waals surface area (Å²) in [5.74, 6) is 0.195. The topological polar surface area (TPSA) is 61.8 Å². The fraction of sp³-hybridized carbons (Fsp3) is 0.966. The first-order valence-electron chi connectivity index (χ1n) is 14.2. The lowest BCUT2D eigenvalue weighted by atomic mass is 9.72. The summed E-state index contributed by atoms with van der Waals surface area (Å²) in [5.41, 5.74) is -1.77. The number of amides is 1. The summed E-state index contributed by atoms with van der Waals surface area (Å²) >= 11 is 0. The molecular formula is C29H54N2O3. The molecule has 0 radical (unpaired) electrons. The molecule has 1 saturated carbocycles. The van der Waals surface area contributed by atoms with Crippen molar-refractivity contribution in [1.82, 2.24) is 10.2 Å². The Labute approximate surface area is 209 Å². The molecule has 1 atom stereocenters. The summed E-state index contributed by atoms with van der Waals surface area (Å²) in [7, 11) is 0. The van der Waals surface area contributed by atoms with E-state index in [1.54, 1.807) is 0 Å². The van der Waals surface area contributed by atoms with Crippen LogP contribution in [0, 0.1) is 11.3 Å². The summed E-state index contributed by atoms with van der Waals surface area (Å²) < 4.78 is 7.23. The van der Waals surface area contributed by atoms with Gasteiger partial charge < -0.3 is 20.1 Å². The number of piperidine rings is 1. The number of aliphatic hydroxyl groups excluding tert-OH is 1. The van der Waals surface area contributed by atoms with Crippen LogP contribution in [0.5, 0.6) is 0 Å². The van der Waals surface area contributed by atoms with Crippen molar-refractivity contribution in [2.75, 3.05) is 13.2 Å². The molecule has 3 rings (SSSR count). The Morgan fingerprint density at radius 1 is 0.882 bits per heavy atom. The van der Waals surface area contributed by atoms with Gasteiger partial charge in [0.25, 0.3) is 5.91 Å². The first kappa shape index (κ1) is 27.9. The Hall–Kier alpha value is -0.650. The Balaban J connectivity index is 2.00. The number of ether oxygens (including phenoxy) is 1. The number of carbonyl (C=O) groups is 1. The summed E-state index contributed by atoms with van der Waals surface area (Å²) in [6.07, 6.45) is 14.4. The SMILES string of the molecule is CC1(C)CC2(CC(C)(C)N1)OC1(CCCCCCCCCCC1)N(CC(CO)C(C)(C)C)C2=O. The highest BCUT2D eigenvalue weighted by Gasteiger charge is 2.64. The minimum atomic E-state index is -0.785. The van der Waals surface area contributed by atoms with Gasteiger partial charge in [-0.3, -0.25) is 4.79 Å². The van der Waals surface area contributed by atoms with E-state index in [1.807, 2.05) is 0 Å². The Kier molecular flexibility index (Phi) is 8.53. The zero-order valence-electron chi connectivity index (χ0n) is 23.4. The standard InChI is InChI=1S/C29H54N2O3/c1-25(2,3)23(20-32)19-31-24(33)28(21-26(4,5)30-27(6,7)22-28)34-29(31)17-15-13-11-9-8-10-12-14-16-18-29/h23,30,32H,8-22H2,1-7H3. The van der Waals surface area contributed by atoms with E-state index in [1.165, 1.54) is 44.9 Å². The second kappa shape index (κ2) is 10.4. The molecule has 34 heavy (non-hydrogen) atoms. The van der Waals surface area contributed by atoms with Crippen LogP contribution in [-0.2, 0) is 9.53 Å². The molecule has 3 aliphatic rings. The van der Waals surface area contributed by atoms with Gasteiger partial charge in [0, 0.05) is 43.0 Å². The molecular weight excluding hydrogens is 424 g/mol. The van der Waals surface area contributed by atoms with Gasteiger partial charge in [0.05, 0.1) is 0 Å². The molecule has 1 amide bonds. The smallest absolute Gasteiger partial charge is 0.257 e. The molecule has 0 aromatic carbocycles. The molecule has 198 valence electrons. The predicted octanol–water partition coefficient (Wildman–Crippen LogP) is 6.18. The van der Waals surface area contributed by atoms with Crippen LogP contribution in [0.2, 0.25) is 0 Å². The van der Waals surface area contributed by atoms with Crippen molar-refractivity contribution in [1.29, 1.82) is 0 Å². The third-order valence-corrected chi connectivity index (χ3v) is 8.63. The van der Waals surface area contributed by atoms with Crippen molar-refractivity contribution in [2.45, 2.75) is 154 Å². The van der Waals surface area contributed by atoms with Crippen LogP contribution in [0.15, 0.2) is 0 Å². The van der Waals surface area contributed by atoms with Crippen LogP contribution in [0.1, 0.15) is 132 Å². The van der Waals surface area contributed by atoms with Gasteiger partial charge in [-0.25, -0.2) is 0 Å². The lowest BCUT2D eigenvalue weighted by Gasteiger charge is -2.50. The largest absolute Gasteiger partial charge is 0.396 e. The van der Waals surface area contributed by atoms with E-state index in [9.17, 15) is 9.90 Å². The number of carbonyl (C=O) groups excluding carboxylic acids is 1. The van der Waals surface area contributed by atoms with Gasteiger partial charge in [0.2, 0.25) is 0 Å². The van der Waals surface area contributed by atoms with E-state index < -0.39 is 11.3 Å². The van der Waals surface area contributed by atoms with Crippen LogP contribution in [0.25, 0.3) is 0 Å². The molecule has 2 heterocycles. The molecule has 5 heteroatoms. The minimum Gasteiger partial charge on any atom is -0.396 e. The van der Waals surface area contributed by atoms with Crippen molar-refractivity contribution >= 4 is 5.91 Å². The van der Waals surface area contributed by atoms with Crippen LogP contribution < -0.4 is 5.32 Å². The number of rotatable bonds is 3. The third kappa shape index (κ3) is 6.37. The van der Waals surface area contributed by atoms with Crippen LogP contribution in [0.4, 0.5) is 0 Å². The van der Waals surface area contributed by atoms with E-state index in [0.29, 0.717) is 19.4 Å². The molecule has 1 unspecified atom stereocenters. The molecule has 2 spiro atoms. The van der Waals surface area contributed by atoms with E-state index >= 15 is 0 Å². The van der Waals surface area contributed by atoms with Crippen molar-refractivity contribution in [3.63, 3.8) is 0 Å². The van der Waals surface area contributed by atoms with Crippen LogP contribution >= 0.6 is 0 Å². The van der Waals surface area contributed by atoms with E-state index in [-0.39, 0.29) is 34.9 Å². The fourth-order valence-electron chi connectivity index (χ4n) is 7.22. The van der Waals surface area contributed by atoms with Crippen molar-refractivity contribution < 1.29 is 14.6 Å². The lowest BCUT2D eigenvalue weighted by molar-refractivity contribution is -0.179. The summed E-state index contributed by atoms with van der Waals surface area (Å²) in [6, 6.07) is 0. The molecule has 0 bridgehead atoms. The number of hydrogen-bond donors (Lipinski definition) is 2. The average molecular weight is 479 g/mol. The maximum atomic E-state index is 14.5. The number of nitrogens with one attached hydrogen (secondary N) is 1. The first-order valence-corrected chi connectivity index (χ1v) is 14.2. The fourth-order valence-corrected chi connectivity index (χ4v) is 7.22. The Morgan fingerprint density at radius 2 is 1.32 bits per heavy atom. The monoisotopic (exact) mass is 478 g/mol.